The van der Waals surface area contributed by atoms with Gasteiger partial charge in [0.25, 0.3) is 0 Å². The molecule has 3 nitrogen and oxygen atoms in total. The largest absolute Gasteiger partial charge is 0.362 e. The number of aromatic nitrogens is 1. The number of thiazole rings is 1. The molecule has 0 bridgehead atoms. The molecule has 0 fully saturated rings. The van der Waals surface area contributed by atoms with Crippen LogP contribution >= 0.6 is 23.6 Å². The minimum atomic E-state index is 0.699. The summed E-state index contributed by atoms with van der Waals surface area (Å²) in [5.41, 5.74) is 1.28. The molecule has 1 aliphatic carbocycles. The highest BCUT2D eigenvalue weighted by Crippen LogP contribution is 2.29. The summed E-state index contributed by atoms with van der Waals surface area (Å²) in [5, 5.41) is 8.03. The topological polar surface area (TPSA) is 37.0 Å². The van der Waals surface area contributed by atoms with E-state index in [9.17, 15) is 0 Å². The number of thiocarbonyl (C=S) groups is 1. The van der Waals surface area contributed by atoms with Crippen LogP contribution in [0.3, 0.4) is 0 Å². The maximum Gasteiger partial charge on any atom is 0.189 e. The van der Waals surface area contributed by atoms with E-state index in [2.05, 4.69) is 22.5 Å². The number of aryl methyl sites for hydroxylation is 2. The molecule has 1 aromatic rings. The van der Waals surface area contributed by atoms with Crippen molar-refractivity contribution < 1.29 is 0 Å². The molecule has 1 aromatic heterocycles. The van der Waals surface area contributed by atoms with Crippen LogP contribution < -0.4 is 10.6 Å². The van der Waals surface area contributed by atoms with Gasteiger partial charge < -0.3 is 10.6 Å². The summed E-state index contributed by atoms with van der Waals surface area (Å²) in [6, 6.07) is 0. The highest BCUT2D eigenvalue weighted by Gasteiger charge is 2.15. The van der Waals surface area contributed by atoms with Crippen molar-refractivity contribution in [3.63, 3.8) is 0 Å². The third-order valence-electron chi connectivity index (χ3n) is 2.88. The van der Waals surface area contributed by atoms with E-state index < -0.39 is 0 Å². The number of hydrogen-bond donors (Lipinski definition) is 2. The summed E-state index contributed by atoms with van der Waals surface area (Å²) < 4.78 is 0. The van der Waals surface area contributed by atoms with Crippen molar-refractivity contribution in [1.29, 1.82) is 0 Å². The molecule has 1 heterocycles. The Morgan fingerprint density at radius 3 is 3.00 bits per heavy atom. The molecule has 2 rings (SSSR count). The van der Waals surface area contributed by atoms with Gasteiger partial charge in [0.15, 0.2) is 10.2 Å². The van der Waals surface area contributed by atoms with Gasteiger partial charge in [-0.05, 0) is 44.3 Å². The summed E-state index contributed by atoms with van der Waals surface area (Å²) in [7, 11) is 0. The van der Waals surface area contributed by atoms with E-state index >= 15 is 0 Å². The van der Waals surface area contributed by atoms with Crippen molar-refractivity contribution in [2.75, 3.05) is 11.9 Å². The third kappa shape index (κ3) is 3.64. The molecule has 0 radical (unpaired) electrons. The van der Waals surface area contributed by atoms with Crippen LogP contribution in [0.4, 0.5) is 5.13 Å². The maximum absolute atomic E-state index is 5.23. The number of nitrogens with zero attached hydrogens (tertiary/aromatic N) is 1. The fourth-order valence-electron chi connectivity index (χ4n) is 1.93. The summed E-state index contributed by atoms with van der Waals surface area (Å²) in [6.07, 6.45) is 7.22. The first kappa shape index (κ1) is 12.8. The molecule has 5 heteroatoms. The minimum absolute atomic E-state index is 0.699. The maximum atomic E-state index is 5.23. The zero-order valence-electron chi connectivity index (χ0n) is 10.2. The number of hydrogen-bond acceptors (Lipinski definition) is 3. The van der Waals surface area contributed by atoms with Gasteiger partial charge in [-0.15, -0.1) is 11.3 Å². The van der Waals surface area contributed by atoms with Crippen molar-refractivity contribution >= 4 is 33.8 Å². The van der Waals surface area contributed by atoms with Crippen LogP contribution in [-0.2, 0) is 12.8 Å². The fourth-order valence-corrected chi connectivity index (χ4v) is 3.24. The molecule has 1 aliphatic rings. The van der Waals surface area contributed by atoms with Crippen molar-refractivity contribution in [3.05, 3.63) is 10.6 Å². The lowest BCUT2D eigenvalue weighted by Crippen LogP contribution is -2.29. The van der Waals surface area contributed by atoms with E-state index in [1.807, 2.05) is 0 Å². The molecule has 0 unspecified atom stereocenters. The number of fused-ring (bicyclic) bond motifs is 1. The highest BCUT2D eigenvalue weighted by molar-refractivity contribution is 7.80. The van der Waals surface area contributed by atoms with Gasteiger partial charge in [0.05, 0.1) is 5.69 Å². The third-order valence-corrected chi connectivity index (χ3v) is 4.20. The van der Waals surface area contributed by atoms with Crippen LogP contribution in [0.15, 0.2) is 0 Å². The Kier molecular flexibility index (Phi) is 4.74. The Morgan fingerprint density at radius 2 is 2.24 bits per heavy atom. The zero-order chi connectivity index (χ0) is 12.1. The van der Waals surface area contributed by atoms with E-state index in [1.165, 1.54) is 36.3 Å². The Morgan fingerprint density at radius 1 is 1.41 bits per heavy atom. The van der Waals surface area contributed by atoms with Gasteiger partial charge in [0, 0.05) is 11.4 Å². The number of anilines is 1. The molecule has 17 heavy (non-hydrogen) atoms. The lowest BCUT2D eigenvalue weighted by Gasteiger charge is -2.07. The summed E-state index contributed by atoms with van der Waals surface area (Å²) >= 11 is 6.99. The SMILES string of the molecule is CCCCNC(=S)Nc1nc2c(s1)CCCC2. The number of unbranched alkanes of at least 4 members (excludes halogenated alkanes) is 1. The standard InChI is InChI=1S/C12H19N3S2/c1-2-3-8-13-11(16)15-12-14-9-6-4-5-7-10(9)17-12/h2-8H2,1H3,(H2,13,14,15,16). The molecule has 2 N–H and O–H groups in total. The zero-order valence-corrected chi connectivity index (χ0v) is 11.8. The first-order valence-electron chi connectivity index (χ1n) is 6.33. The molecule has 0 saturated heterocycles. The van der Waals surface area contributed by atoms with Gasteiger partial charge in [-0.3, -0.25) is 0 Å². The summed E-state index contributed by atoms with van der Waals surface area (Å²) in [4.78, 5) is 6.04. The van der Waals surface area contributed by atoms with Crippen LogP contribution in [0.25, 0.3) is 0 Å². The predicted octanol–water partition coefficient (Wildman–Crippen LogP) is 3.11. The molecular weight excluding hydrogens is 250 g/mol. The lowest BCUT2D eigenvalue weighted by atomic mass is 10.0. The first-order valence-corrected chi connectivity index (χ1v) is 7.55. The van der Waals surface area contributed by atoms with Crippen molar-refractivity contribution in [1.82, 2.24) is 10.3 Å². The van der Waals surface area contributed by atoms with Gasteiger partial charge in [0.2, 0.25) is 0 Å². The Labute approximate surface area is 112 Å². The molecule has 0 aromatic carbocycles. The lowest BCUT2D eigenvalue weighted by molar-refractivity contribution is 0.683. The van der Waals surface area contributed by atoms with E-state index in [1.54, 1.807) is 11.3 Å². The van der Waals surface area contributed by atoms with E-state index in [0.29, 0.717) is 5.11 Å². The molecule has 0 amide bonds. The van der Waals surface area contributed by atoms with E-state index in [0.717, 1.165) is 24.5 Å². The minimum Gasteiger partial charge on any atom is -0.362 e. The van der Waals surface area contributed by atoms with Crippen molar-refractivity contribution in [3.8, 4) is 0 Å². The second-order valence-electron chi connectivity index (χ2n) is 4.33. The quantitative estimate of drug-likeness (QED) is 0.650. The van der Waals surface area contributed by atoms with Crippen molar-refractivity contribution in [2.24, 2.45) is 0 Å². The molecule has 94 valence electrons. The predicted molar refractivity (Wildman–Crippen MR) is 77.9 cm³/mol. The average molecular weight is 269 g/mol. The van der Waals surface area contributed by atoms with Crippen LogP contribution in [0.1, 0.15) is 43.2 Å². The fraction of sp³-hybridized carbons (Fsp3) is 0.667. The van der Waals surface area contributed by atoms with E-state index in [4.69, 9.17) is 12.2 Å². The first-order chi connectivity index (χ1) is 8.29. The van der Waals surface area contributed by atoms with Crippen LogP contribution in [0, 0.1) is 0 Å². The van der Waals surface area contributed by atoms with Gasteiger partial charge >= 0.3 is 0 Å². The normalized spacial score (nSPS) is 14.2. The van der Waals surface area contributed by atoms with E-state index in [-0.39, 0.29) is 0 Å². The molecule has 0 aliphatic heterocycles. The van der Waals surface area contributed by atoms with Crippen LogP contribution in [-0.4, -0.2) is 16.6 Å². The average Bonchev–Trinajstić information content (AvgIpc) is 2.71. The van der Waals surface area contributed by atoms with Gasteiger partial charge in [-0.25, -0.2) is 4.98 Å². The monoisotopic (exact) mass is 269 g/mol. The molecule has 0 saturated carbocycles. The smallest absolute Gasteiger partial charge is 0.189 e. The highest BCUT2D eigenvalue weighted by atomic mass is 32.1. The second-order valence-corrected chi connectivity index (χ2v) is 5.82. The number of nitrogens with one attached hydrogen (secondary N) is 2. The molecular formula is C12H19N3S2. The van der Waals surface area contributed by atoms with Gasteiger partial charge in [-0.2, -0.15) is 0 Å². The molecule has 0 atom stereocenters. The Balaban J connectivity index is 1.86. The summed E-state index contributed by atoms with van der Waals surface area (Å²) in [5.74, 6) is 0. The summed E-state index contributed by atoms with van der Waals surface area (Å²) in [6.45, 7) is 3.11. The Hall–Kier alpha value is -0.680. The van der Waals surface area contributed by atoms with Gasteiger partial charge in [0.1, 0.15) is 0 Å². The molecule has 0 spiro atoms. The number of rotatable bonds is 4. The van der Waals surface area contributed by atoms with Crippen LogP contribution in [0.2, 0.25) is 0 Å². The second kappa shape index (κ2) is 6.31. The van der Waals surface area contributed by atoms with Crippen molar-refractivity contribution in [2.45, 2.75) is 45.4 Å². The van der Waals surface area contributed by atoms with Crippen LogP contribution in [0.5, 0.6) is 0 Å². The Bertz CT molecular complexity index is 364. The van der Waals surface area contributed by atoms with Gasteiger partial charge in [-0.1, -0.05) is 13.3 Å².